The van der Waals surface area contributed by atoms with Crippen molar-refractivity contribution in [1.29, 1.82) is 0 Å². The topological polar surface area (TPSA) is 55.4 Å². The standard InChI is InChI=1S/C35H52O6/c1-6-11-18-36-28-24-31(38-20-13-8-3)29-26-34(40-22-15-10-5)35(41-32(29)25-28)27-16-17-30(37-19-12-7-2)33(23-27)39-21-14-9-4/h16-17,23-25H,6-15,18-22,26H2,1-5H3. The molecule has 0 N–H and O–H groups in total. The largest absolute Gasteiger partial charge is 0.494 e. The van der Waals surface area contributed by atoms with Gasteiger partial charge in [0.25, 0.3) is 0 Å². The van der Waals surface area contributed by atoms with Gasteiger partial charge < -0.3 is 28.4 Å². The molecule has 1 heterocycles. The van der Waals surface area contributed by atoms with Gasteiger partial charge >= 0.3 is 0 Å². The molecule has 3 rings (SSSR count). The van der Waals surface area contributed by atoms with E-state index < -0.39 is 0 Å². The Morgan fingerprint density at radius 2 is 1.10 bits per heavy atom. The molecule has 2 aromatic carbocycles. The van der Waals surface area contributed by atoms with E-state index in [9.17, 15) is 0 Å². The van der Waals surface area contributed by atoms with Gasteiger partial charge in [-0.15, -0.1) is 0 Å². The lowest BCUT2D eigenvalue weighted by Crippen LogP contribution is -2.15. The summed E-state index contributed by atoms with van der Waals surface area (Å²) in [7, 11) is 0. The first kappa shape index (κ1) is 32.5. The van der Waals surface area contributed by atoms with Crippen molar-refractivity contribution >= 4 is 5.76 Å². The van der Waals surface area contributed by atoms with Gasteiger partial charge in [-0.3, -0.25) is 0 Å². The molecule has 2 aromatic rings. The van der Waals surface area contributed by atoms with Gasteiger partial charge in [0.2, 0.25) is 0 Å². The van der Waals surface area contributed by atoms with Crippen LogP contribution in [0.5, 0.6) is 28.7 Å². The summed E-state index contributed by atoms with van der Waals surface area (Å²) in [5.74, 6) is 5.34. The van der Waals surface area contributed by atoms with Crippen LogP contribution in [0.2, 0.25) is 0 Å². The molecule has 0 saturated heterocycles. The number of ether oxygens (including phenoxy) is 6. The molecule has 0 bridgehead atoms. The molecule has 6 nitrogen and oxygen atoms in total. The molecular weight excluding hydrogens is 516 g/mol. The molecular formula is C35H52O6. The minimum absolute atomic E-state index is 0.589. The summed E-state index contributed by atoms with van der Waals surface area (Å²) in [4.78, 5) is 0. The molecule has 0 saturated carbocycles. The highest BCUT2D eigenvalue weighted by molar-refractivity contribution is 5.71. The van der Waals surface area contributed by atoms with Crippen molar-refractivity contribution in [3.05, 3.63) is 47.2 Å². The molecule has 0 fully saturated rings. The normalized spacial score (nSPS) is 12.5. The smallest absolute Gasteiger partial charge is 0.172 e. The van der Waals surface area contributed by atoms with E-state index in [2.05, 4.69) is 34.6 Å². The summed E-state index contributed by atoms with van der Waals surface area (Å²) < 4.78 is 37.7. The van der Waals surface area contributed by atoms with Crippen LogP contribution in [0.25, 0.3) is 5.76 Å². The Morgan fingerprint density at radius 1 is 0.561 bits per heavy atom. The zero-order valence-electron chi connectivity index (χ0n) is 26.1. The average Bonchev–Trinajstić information content (AvgIpc) is 2.98. The fourth-order valence-electron chi connectivity index (χ4n) is 4.35. The molecule has 6 heteroatoms. The van der Waals surface area contributed by atoms with Gasteiger partial charge in [-0.1, -0.05) is 66.7 Å². The van der Waals surface area contributed by atoms with Crippen LogP contribution >= 0.6 is 0 Å². The van der Waals surface area contributed by atoms with Crippen molar-refractivity contribution in [3.8, 4) is 28.7 Å². The quantitative estimate of drug-likeness (QED) is 0.140. The second-order valence-electron chi connectivity index (χ2n) is 10.6. The maximum Gasteiger partial charge on any atom is 0.172 e. The Kier molecular flexibility index (Phi) is 14.6. The lowest BCUT2D eigenvalue weighted by molar-refractivity contribution is 0.191. The fraction of sp³-hybridized carbons (Fsp3) is 0.600. The fourth-order valence-corrected chi connectivity index (χ4v) is 4.35. The summed E-state index contributed by atoms with van der Waals surface area (Å²) in [6, 6.07) is 10.1. The highest BCUT2D eigenvalue weighted by Crippen LogP contribution is 2.44. The number of unbranched alkanes of at least 4 members (excludes halogenated alkanes) is 5. The lowest BCUT2D eigenvalue weighted by atomic mass is 10.0. The first-order chi connectivity index (χ1) is 20.1. The Morgan fingerprint density at radius 3 is 1.71 bits per heavy atom. The molecule has 228 valence electrons. The minimum atomic E-state index is 0.589. The van der Waals surface area contributed by atoms with E-state index in [1.807, 2.05) is 30.3 Å². The van der Waals surface area contributed by atoms with Gasteiger partial charge in [-0.2, -0.15) is 0 Å². The van der Waals surface area contributed by atoms with Crippen LogP contribution in [0.3, 0.4) is 0 Å². The van der Waals surface area contributed by atoms with Crippen LogP contribution in [0.4, 0.5) is 0 Å². The molecule has 1 aliphatic rings. The van der Waals surface area contributed by atoms with E-state index in [4.69, 9.17) is 28.4 Å². The zero-order valence-corrected chi connectivity index (χ0v) is 26.1. The van der Waals surface area contributed by atoms with Gasteiger partial charge in [-0.05, 0) is 50.3 Å². The van der Waals surface area contributed by atoms with Crippen LogP contribution in [-0.4, -0.2) is 33.0 Å². The Hall–Kier alpha value is -3.02. The molecule has 41 heavy (non-hydrogen) atoms. The van der Waals surface area contributed by atoms with Crippen LogP contribution in [0, 0.1) is 0 Å². The molecule has 0 unspecified atom stereocenters. The van der Waals surface area contributed by atoms with Gasteiger partial charge in [0.05, 0.1) is 33.0 Å². The molecule has 0 aromatic heterocycles. The molecule has 1 aliphatic heterocycles. The molecule has 0 atom stereocenters. The van der Waals surface area contributed by atoms with E-state index >= 15 is 0 Å². The first-order valence-corrected chi connectivity index (χ1v) is 16.0. The Bertz CT molecular complexity index is 1080. The Balaban J connectivity index is 2.00. The van der Waals surface area contributed by atoms with Crippen molar-refractivity contribution in [2.24, 2.45) is 0 Å². The number of benzene rings is 2. The number of allylic oxidation sites excluding steroid dienone is 1. The number of hydrogen-bond acceptors (Lipinski definition) is 6. The summed E-state index contributed by atoms with van der Waals surface area (Å²) in [6.45, 7) is 14.1. The van der Waals surface area contributed by atoms with E-state index in [0.717, 1.165) is 110 Å². The summed E-state index contributed by atoms with van der Waals surface area (Å²) >= 11 is 0. The maximum atomic E-state index is 6.67. The van der Waals surface area contributed by atoms with Crippen LogP contribution in [0.15, 0.2) is 36.1 Å². The molecule has 0 spiro atoms. The van der Waals surface area contributed by atoms with E-state index in [-0.39, 0.29) is 0 Å². The molecule has 0 radical (unpaired) electrons. The van der Waals surface area contributed by atoms with Crippen molar-refractivity contribution < 1.29 is 28.4 Å². The molecule has 0 amide bonds. The zero-order chi connectivity index (χ0) is 29.3. The second kappa shape index (κ2) is 18.4. The minimum Gasteiger partial charge on any atom is -0.494 e. The third-order valence-electron chi connectivity index (χ3n) is 6.96. The van der Waals surface area contributed by atoms with Crippen molar-refractivity contribution in [1.82, 2.24) is 0 Å². The summed E-state index contributed by atoms with van der Waals surface area (Å²) in [5.41, 5.74) is 1.90. The Labute approximate surface area is 248 Å². The average molecular weight is 569 g/mol. The molecule has 0 aliphatic carbocycles. The van der Waals surface area contributed by atoms with Crippen LogP contribution in [0.1, 0.15) is 110 Å². The van der Waals surface area contributed by atoms with Crippen LogP contribution < -0.4 is 23.7 Å². The van der Waals surface area contributed by atoms with Gasteiger partial charge in [0.15, 0.2) is 17.3 Å². The predicted molar refractivity (Wildman–Crippen MR) is 167 cm³/mol. The van der Waals surface area contributed by atoms with E-state index in [1.165, 1.54) is 0 Å². The number of rotatable bonds is 21. The van der Waals surface area contributed by atoms with Crippen molar-refractivity contribution in [2.75, 3.05) is 33.0 Å². The highest BCUT2D eigenvalue weighted by atomic mass is 16.5. The third kappa shape index (κ3) is 10.1. The van der Waals surface area contributed by atoms with Gasteiger partial charge in [-0.25, -0.2) is 0 Å². The number of hydrogen-bond donors (Lipinski definition) is 0. The summed E-state index contributed by atoms with van der Waals surface area (Å²) in [5, 5.41) is 0. The SMILES string of the molecule is CCCCOC1=C(c2ccc(OCCCC)c(OCCCC)c2)Oc2cc(OCCCC)cc(OCCCC)c2C1. The monoisotopic (exact) mass is 568 g/mol. The van der Waals surface area contributed by atoms with Gasteiger partial charge in [0.1, 0.15) is 23.0 Å². The summed E-state index contributed by atoms with van der Waals surface area (Å²) in [6.07, 6.45) is 10.9. The van der Waals surface area contributed by atoms with Crippen molar-refractivity contribution in [3.63, 3.8) is 0 Å². The van der Waals surface area contributed by atoms with E-state index in [0.29, 0.717) is 45.2 Å². The van der Waals surface area contributed by atoms with Gasteiger partial charge in [0, 0.05) is 29.7 Å². The first-order valence-electron chi connectivity index (χ1n) is 16.0. The van der Waals surface area contributed by atoms with Crippen LogP contribution in [-0.2, 0) is 11.2 Å². The second-order valence-corrected chi connectivity index (χ2v) is 10.6. The maximum absolute atomic E-state index is 6.67. The highest BCUT2D eigenvalue weighted by Gasteiger charge is 2.28. The van der Waals surface area contributed by atoms with Crippen molar-refractivity contribution in [2.45, 2.75) is 105 Å². The number of fused-ring (bicyclic) bond motifs is 1. The lowest BCUT2D eigenvalue weighted by Gasteiger charge is -2.27. The van der Waals surface area contributed by atoms with E-state index in [1.54, 1.807) is 0 Å². The third-order valence-corrected chi connectivity index (χ3v) is 6.96. The predicted octanol–water partition coefficient (Wildman–Crippen LogP) is 9.52.